The number of carbonyl (C=O) groups excluding carboxylic acids is 1. The molecule has 2 fully saturated rings. The number of hydrogen-bond acceptors (Lipinski definition) is 6. The third kappa shape index (κ3) is 6.67. The Morgan fingerprint density at radius 2 is 1.81 bits per heavy atom. The maximum absolute atomic E-state index is 11.4. The van der Waals surface area contributed by atoms with Crippen LogP contribution < -0.4 is 0 Å². The summed E-state index contributed by atoms with van der Waals surface area (Å²) in [5.74, 6) is -0.129. The first-order valence-corrected chi connectivity index (χ1v) is 9.98. The molecule has 2 aliphatic rings. The van der Waals surface area contributed by atoms with Crippen LogP contribution in [0.5, 0.6) is 0 Å². The molecule has 0 radical (unpaired) electrons. The molecule has 2 heterocycles. The monoisotopic (exact) mass is 368 g/mol. The van der Waals surface area contributed by atoms with Crippen molar-refractivity contribution in [1.82, 2.24) is 0 Å². The number of carboxylic acid groups (broad SMARTS) is 1. The summed E-state index contributed by atoms with van der Waals surface area (Å²) in [4.78, 5) is 21.9. The number of ether oxygens (including phenoxy) is 2. The van der Waals surface area contributed by atoms with Crippen LogP contribution in [-0.2, 0) is 19.1 Å². The fraction of sp³-hybridized carbons (Fsp3) is 0.895. The highest BCUT2D eigenvalue weighted by Gasteiger charge is 2.48. The Labute approximate surface area is 155 Å². The molecule has 2 bridgehead atoms. The van der Waals surface area contributed by atoms with E-state index in [-0.39, 0.29) is 25.0 Å². The van der Waals surface area contributed by atoms with Gasteiger partial charge in [-0.2, -0.15) is 10.2 Å². The van der Waals surface area contributed by atoms with Crippen molar-refractivity contribution >= 4 is 11.9 Å². The van der Waals surface area contributed by atoms with E-state index in [0.29, 0.717) is 31.1 Å². The topological polar surface area (TPSA) is 97.5 Å². The van der Waals surface area contributed by atoms with E-state index in [2.05, 4.69) is 10.2 Å². The number of carbonyl (C=O) groups is 2. The molecule has 0 aliphatic carbocycles. The van der Waals surface area contributed by atoms with Crippen molar-refractivity contribution in [2.24, 2.45) is 22.1 Å². The van der Waals surface area contributed by atoms with E-state index < -0.39 is 5.97 Å². The molecule has 1 N–H and O–H groups in total. The van der Waals surface area contributed by atoms with Gasteiger partial charge in [0.1, 0.15) is 0 Å². The molecule has 0 saturated carbocycles. The van der Waals surface area contributed by atoms with Crippen molar-refractivity contribution in [2.75, 3.05) is 19.7 Å². The van der Waals surface area contributed by atoms with Crippen LogP contribution in [0, 0.1) is 11.8 Å². The molecule has 2 saturated heterocycles. The van der Waals surface area contributed by atoms with Gasteiger partial charge in [0.25, 0.3) is 0 Å². The highest BCUT2D eigenvalue weighted by atomic mass is 16.5. The molecule has 0 aromatic heterocycles. The summed E-state index contributed by atoms with van der Waals surface area (Å²) in [7, 11) is 0. The number of rotatable bonds is 13. The summed E-state index contributed by atoms with van der Waals surface area (Å²) >= 11 is 0. The van der Waals surface area contributed by atoms with Gasteiger partial charge in [0.15, 0.2) is 6.54 Å². The lowest BCUT2D eigenvalue weighted by atomic mass is 9.76. The van der Waals surface area contributed by atoms with Crippen LogP contribution in [0.3, 0.4) is 0 Å². The Hall–Kier alpha value is -1.50. The second-order valence-corrected chi connectivity index (χ2v) is 7.31. The smallest absolute Gasteiger partial charge is 0.329 e. The Bertz CT molecular complexity index is 483. The highest BCUT2D eigenvalue weighted by Crippen LogP contribution is 2.45. The first-order chi connectivity index (χ1) is 12.6. The van der Waals surface area contributed by atoms with Gasteiger partial charge >= 0.3 is 11.9 Å². The summed E-state index contributed by atoms with van der Waals surface area (Å²) in [6.45, 7) is 3.00. The summed E-state index contributed by atoms with van der Waals surface area (Å²) in [5.41, 5.74) is 0. The zero-order chi connectivity index (χ0) is 18.8. The van der Waals surface area contributed by atoms with Gasteiger partial charge in [0.2, 0.25) is 0 Å². The first kappa shape index (κ1) is 20.8. The van der Waals surface area contributed by atoms with Gasteiger partial charge in [-0.15, -0.1) is 0 Å². The minimum Gasteiger partial charge on any atom is -0.481 e. The molecule has 4 unspecified atom stereocenters. The van der Waals surface area contributed by atoms with Gasteiger partial charge in [-0.25, -0.2) is 4.79 Å². The molecular weight excluding hydrogens is 336 g/mol. The minimum atomic E-state index is -0.712. The van der Waals surface area contributed by atoms with Gasteiger partial charge in [0.05, 0.1) is 25.4 Å². The standard InChI is InChI=1S/C19H32N2O5/c1-2-11-25-19(24)13-21-20-12-15-14(16-9-10-17(15)26-16)7-5-3-4-6-8-18(22)23/h14-17H,2-13H2,1H3,(H,22,23). The second kappa shape index (κ2) is 11.3. The fourth-order valence-electron chi connectivity index (χ4n) is 4.05. The van der Waals surface area contributed by atoms with Crippen molar-refractivity contribution in [3.8, 4) is 0 Å². The predicted molar refractivity (Wildman–Crippen MR) is 96.1 cm³/mol. The van der Waals surface area contributed by atoms with E-state index in [1.54, 1.807) is 0 Å². The Morgan fingerprint density at radius 1 is 1.08 bits per heavy atom. The summed E-state index contributed by atoms with van der Waals surface area (Å²) in [5, 5.41) is 16.9. The zero-order valence-electron chi connectivity index (χ0n) is 15.8. The van der Waals surface area contributed by atoms with Crippen LogP contribution in [0.1, 0.15) is 64.7 Å². The number of aliphatic carboxylic acids is 1. The number of carboxylic acids is 1. The number of hydrogen-bond donors (Lipinski definition) is 1. The average molecular weight is 368 g/mol. The van der Waals surface area contributed by atoms with Crippen molar-refractivity contribution in [3.05, 3.63) is 0 Å². The molecule has 0 spiro atoms. The van der Waals surface area contributed by atoms with Crippen LogP contribution in [0.4, 0.5) is 0 Å². The minimum absolute atomic E-state index is 0.00405. The van der Waals surface area contributed by atoms with Gasteiger partial charge in [-0.3, -0.25) is 4.79 Å². The van der Waals surface area contributed by atoms with Gasteiger partial charge in [-0.05, 0) is 38.0 Å². The van der Waals surface area contributed by atoms with Gasteiger partial charge in [0, 0.05) is 12.3 Å². The van der Waals surface area contributed by atoms with Gasteiger partial charge < -0.3 is 14.6 Å². The summed E-state index contributed by atoms with van der Waals surface area (Å²) < 4.78 is 11.0. The molecule has 4 atom stereocenters. The van der Waals surface area contributed by atoms with Crippen molar-refractivity contribution < 1.29 is 24.2 Å². The fourth-order valence-corrected chi connectivity index (χ4v) is 4.05. The lowest BCUT2D eigenvalue weighted by Crippen LogP contribution is -2.29. The average Bonchev–Trinajstić information content (AvgIpc) is 3.21. The van der Waals surface area contributed by atoms with E-state index in [1.165, 1.54) is 0 Å². The number of fused-ring (bicyclic) bond motifs is 2. The normalized spacial score (nSPS) is 27.3. The van der Waals surface area contributed by atoms with Crippen LogP contribution in [0.15, 0.2) is 10.2 Å². The lowest BCUT2D eigenvalue weighted by Gasteiger charge is -2.26. The largest absolute Gasteiger partial charge is 0.481 e. The molecule has 7 heteroatoms. The molecule has 0 aromatic carbocycles. The Balaban J connectivity index is 1.67. The zero-order valence-corrected chi connectivity index (χ0v) is 15.8. The Kier molecular flexibility index (Phi) is 9.01. The van der Waals surface area contributed by atoms with E-state index in [0.717, 1.165) is 51.4 Å². The lowest BCUT2D eigenvalue weighted by molar-refractivity contribution is -0.142. The van der Waals surface area contributed by atoms with E-state index in [1.807, 2.05) is 6.92 Å². The molecule has 7 nitrogen and oxygen atoms in total. The van der Waals surface area contributed by atoms with Crippen molar-refractivity contribution in [2.45, 2.75) is 76.9 Å². The van der Waals surface area contributed by atoms with E-state index in [4.69, 9.17) is 14.6 Å². The van der Waals surface area contributed by atoms with Crippen LogP contribution in [0.2, 0.25) is 0 Å². The quantitative estimate of drug-likeness (QED) is 0.304. The second-order valence-electron chi connectivity index (χ2n) is 7.31. The molecule has 0 amide bonds. The Morgan fingerprint density at radius 3 is 2.54 bits per heavy atom. The summed E-state index contributed by atoms with van der Waals surface area (Å²) in [6.07, 6.45) is 8.93. The molecule has 148 valence electrons. The first-order valence-electron chi connectivity index (χ1n) is 9.98. The van der Waals surface area contributed by atoms with Crippen LogP contribution in [0.25, 0.3) is 0 Å². The van der Waals surface area contributed by atoms with E-state index in [9.17, 15) is 9.59 Å². The van der Waals surface area contributed by atoms with E-state index >= 15 is 0 Å². The van der Waals surface area contributed by atoms with Crippen LogP contribution >= 0.6 is 0 Å². The molecule has 2 rings (SSSR count). The maximum Gasteiger partial charge on any atom is 0.329 e. The molecule has 0 aromatic rings. The van der Waals surface area contributed by atoms with Crippen molar-refractivity contribution in [1.29, 1.82) is 0 Å². The third-order valence-corrected chi connectivity index (χ3v) is 5.33. The van der Waals surface area contributed by atoms with Gasteiger partial charge in [-0.1, -0.05) is 26.2 Å². The molecular formula is C19H32N2O5. The van der Waals surface area contributed by atoms with Crippen LogP contribution in [-0.4, -0.2) is 48.9 Å². The number of azo groups is 1. The third-order valence-electron chi connectivity index (χ3n) is 5.33. The number of unbranched alkanes of at least 4 members (excludes halogenated alkanes) is 3. The number of nitrogens with zero attached hydrogens (tertiary/aromatic N) is 2. The van der Waals surface area contributed by atoms with Crippen molar-refractivity contribution in [3.63, 3.8) is 0 Å². The SMILES string of the molecule is CCCOC(=O)CN=NCC1C2CCC(O2)C1CCCCCCC(=O)O. The summed E-state index contributed by atoms with van der Waals surface area (Å²) in [6, 6.07) is 0. The predicted octanol–water partition coefficient (Wildman–Crippen LogP) is 3.61. The maximum atomic E-state index is 11.4. The highest BCUT2D eigenvalue weighted by molar-refractivity contribution is 5.71. The number of esters is 1. The molecule has 26 heavy (non-hydrogen) atoms. The molecule has 2 aliphatic heterocycles.